The molecule has 1 aliphatic heterocycles. The van der Waals surface area contributed by atoms with Gasteiger partial charge in [0.2, 0.25) is 0 Å². The van der Waals surface area contributed by atoms with Crippen molar-refractivity contribution in [3.8, 4) is 0 Å². The predicted molar refractivity (Wildman–Crippen MR) is 55.0 cm³/mol. The van der Waals surface area contributed by atoms with E-state index in [4.69, 9.17) is 0 Å². The first kappa shape index (κ1) is 8.18. The van der Waals surface area contributed by atoms with Crippen LogP contribution in [0, 0.1) is 0 Å². The van der Waals surface area contributed by atoms with Gasteiger partial charge in [0.05, 0.1) is 0 Å². The molecule has 1 heteroatoms. The zero-order valence-electron chi connectivity index (χ0n) is 7.63. The predicted octanol–water partition coefficient (Wildman–Crippen LogP) is 3.46. The van der Waals surface area contributed by atoms with Crippen LogP contribution in [0.15, 0.2) is 23.1 Å². The van der Waals surface area contributed by atoms with Crippen LogP contribution < -0.4 is 0 Å². The largest absolute Gasteiger partial charge is 0.125 e. The molecule has 64 valence electrons. The first-order valence-corrected chi connectivity index (χ1v) is 5.52. The highest BCUT2D eigenvalue weighted by Gasteiger charge is 2.15. The first-order valence-electron chi connectivity index (χ1n) is 4.53. The highest BCUT2D eigenvalue weighted by molar-refractivity contribution is 7.99. The lowest BCUT2D eigenvalue weighted by Gasteiger charge is -2.10. The molecule has 0 nitrogen and oxygen atoms in total. The van der Waals surface area contributed by atoms with E-state index in [1.165, 1.54) is 17.7 Å². The van der Waals surface area contributed by atoms with Crippen molar-refractivity contribution in [2.75, 3.05) is 5.75 Å². The van der Waals surface area contributed by atoms with Gasteiger partial charge in [0.25, 0.3) is 0 Å². The summed E-state index contributed by atoms with van der Waals surface area (Å²) < 4.78 is 0. The van der Waals surface area contributed by atoms with Crippen LogP contribution in [0.2, 0.25) is 0 Å². The normalized spacial score (nSPS) is 15.2. The third-order valence-electron chi connectivity index (χ3n) is 2.37. The Morgan fingerprint density at radius 1 is 1.33 bits per heavy atom. The molecule has 0 fully saturated rings. The molecule has 0 saturated carbocycles. The summed E-state index contributed by atoms with van der Waals surface area (Å²) in [6.07, 6.45) is 1.26. The summed E-state index contributed by atoms with van der Waals surface area (Å²) in [5.41, 5.74) is 3.10. The maximum absolute atomic E-state index is 2.27. The van der Waals surface area contributed by atoms with Gasteiger partial charge >= 0.3 is 0 Å². The Morgan fingerprint density at radius 3 is 2.92 bits per heavy atom. The van der Waals surface area contributed by atoms with E-state index in [0.717, 1.165) is 0 Å². The average molecular weight is 178 g/mol. The Balaban J connectivity index is 2.49. The molecule has 0 atom stereocenters. The monoisotopic (exact) mass is 178 g/mol. The topological polar surface area (TPSA) is 0 Å². The second-order valence-electron chi connectivity index (χ2n) is 3.59. The standard InChI is InChI=1S/C11H14S/c1-8(2)10-5-3-4-9-6-7-12-11(9)10/h3-5,8H,6-7H2,1-2H3. The Morgan fingerprint density at radius 2 is 2.17 bits per heavy atom. The lowest BCUT2D eigenvalue weighted by Crippen LogP contribution is -1.91. The van der Waals surface area contributed by atoms with Crippen LogP contribution >= 0.6 is 11.8 Å². The third kappa shape index (κ3) is 1.27. The number of benzene rings is 1. The second kappa shape index (κ2) is 3.14. The zero-order valence-corrected chi connectivity index (χ0v) is 8.45. The van der Waals surface area contributed by atoms with Crippen LogP contribution in [0.3, 0.4) is 0 Å². The molecule has 0 saturated heterocycles. The van der Waals surface area contributed by atoms with E-state index in [-0.39, 0.29) is 0 Å². The molecule has 0 bridgehead atoms. The van der Waals surface area contributed by atoms with E-state index < -0.39 is 0 Å². The summed E-state index contributed by atoms with van der Waals surface area (Å²) in [5.74, 6) is 1.95. The molecule has 0 N–H and O–H groups in total. The number of hydrogen-bond acceptors (Lipinski definition) is 1. The summed E-state index contributed by atoms with van der Waals surface area (Å²) in [6.45, 7) is 4.54. The van der Waals surface area contributed by atoms with Gasteiger partial charge < -0.3 is 0 Å². The minimum Gasteiger partial charge on any atom is -0.125 e. The molecule has 1 aromatic rings. The van der Waals surface area contributed by atoms with Gasteiger partial charge in [-0.15, -0.1) is 11.8 Å². The molecule has 1 heterocycles. The van der Waals surface area contributed by atoms with Crippen molar-refractivity contribution in [1.82, 2.24) is 0 Å². The molecule has 0 aromatic heterocycles. The fraction of sp³-hybridized carbons (Fsp3) is 0.455. The van der Waals surface area contributed by atoms with Crippen molar-refractivity contribution in [2.45, 2.75) is 31.1 Å². The SMILES string of the molecule is CC(C)c1cccc2c1SCC2. The third-order valence-corrected chi connectivity index (χ3v) is 3.56. The number of aryl methyl sites for hydroxylation is 1. The number of fused-ring (bicyclic) bond motifs is 1. The maximum atomic E-state index is 2.27. The van der Waals surface area contributed by atoms with E-state index >= 15 is 0 Å². The molecule has 1 aromatic carbocycles. The highest BCUT2D eigenvalue weighted by Crippen LogP contribution is 2.37. The molecule has 0 unspecified atom stereocenters. The highest BCUT2D eigenvalue weighted by atomic mass is 32.2. The molecule has 0 amide bonds. The van der Waals surface area contributed by atoms with E-state index in [9.17, 15) is 0 Å². The van der Waals surface area contributed by atoms with E-state index in [1.807, 2.05) is 11.8 Å². The molecule has 0 spiro atoms. The van der Waals surface area contributed by atoms with Crippen molar-refractivity contribution in [3.05, 3.63) is 29.3 Å². The molecule has 12 heavy (non-hydrogen) atoms. The molecule has 1 aliphatic rings. The average Bonchev–Trinajstić information content (AvgIpc) is 2.49. The number of hydrogen-bond donors (Lipinski definition) is 0. The van der Waals surface area contributed by atoms with Gasteiger partial charge in [0.1, 0.15) is 0 Å². The quantitative estimate of drug-likeness (QED) is 0.634. The van der Waals surface area contributed by atoms with Gasteiger partial charge in [-0.2, -0.15) is 0 Å². The zero-order chi connectivity index (χ0) is 8.55. The summed E-state index contributed by atoms with van der Waals surface area (Å²) in [5, 5.41) is 0. The van der Waals surface area contributed by atoms with Crippen LogP contribution in [0.25, 0.3) is 0 Å². The van der Waals surface area contributed by atoms with E-state index in [2.05, 4.69) is 32.0 Å². The Bertz CT molecular complexity index is 289. The first-order chi connectivity index (χ1) is 5.79. The fourth-order valence-corrected chi connectivity index (χ4v) is 3.05. The minimum absolute atomic E-state index is 0.672. The van der Waals surface area contributed by atoms with Crippen LogP contribution in [0.4, 0.5) is 0 Å². The van der Waals surface area contributed by atoms with E-state index in [1.54, 1.807) is 10.5 Å². The van der Waals surface area contributed by atoms with Crippen molar-refractivity contribution in [1.29, 1.82) is 0 Å². The minimum atomic E-state index is 0.672. The van der Waals surface area contributed by atoms with Crippen molar-refractivity contribution < 1.29 is 0 Å². The number of thioether (sulfide) groups is 1. The van der Waals surface area contributed by atoms with E-state index in [0.29, 0.717) is 5.92 Å². The van der Waals surface area contributed by atoms with Crippen LogP contribution in [0.1, 0.15) is 30.9 Å². The van der Waals surface area contributed by atoms with Gasteiger partial charge in [0.15, 0.2) is 0 Å². The summed E-state index contributed by atoms with van der Waals surface area (Å²) in [4.78, 5) is 1.56. The lowest BCUT2D eigenvalue weighted by molar-refractivity contribution is 0.837. The van der Waals surface area contributed by atoms with Gasteiger partial charge in [-0.3, -0.25) is 0 Å². The van der Waals surface area contributed by atoms with Crippen LogP contribution in [-0.4, -0.2) is 5.75 Å². The Labute approximate surface area is 78.4 Å². The van der Waals surface area contributed by atoms with Gasteiger partial charge in [0, 0.05) is 10.6 Å². The maximum Gasteiger partial charge on any atom is 0.0139 e. The summed E-state index contributed by atoms with van der Waals surface area (Å²) >= 11 is 2.02. The smallest absolute Gasteiger partial charge is 0.0139 e. The summed E-state index contributed by atoms with van der Waals surface area (Å²) in [6, 6.07) is 6.73. The van der Waals surface area contributed by atoms with Gasteiger partial charge in [-0.25, -0.2) is 0 Å². The number of rotatable bonds is 1. The Hall–Kier alpha value is -0.430. The van der Waals surface area contributed by atoms with Crippen molar-refractivity contribution >= 4 is 11.8 Å². The van der Waals surface area contributed by atoms with Crippen molar-refractivity contribution in [2.24, 2.45) is 0 Å². The molecule has 2 rings (SSSR count). The molecular formula is C11H14S. The molecular weight excluding hydrogens is 164 g/mol. The van der Waals surface area contributed by atoms with Crippen molar-refractivity contribution in [3.63, 3.8) is 0 Å². The Kier molecular flexibility index (Phi) is 2.14. The second-order valence-corrected chi connectivity index (χ2v) is 4.69. The van der Waals surface area contributed by atoms with Crippen LogP contribution in [-0.2, 0) is 6.42 Å². The van der Waals surface area contributed by atoms with Gasteiger partial charge in [-0.1, -0.05) is 32.0 Å². The molecule has 0 radical (unpaired) electrons. The van der Waals surface area contributed by atoms with Gasteiger partial charge in [-0.05, 0) is 23.5 Å². The van der Waals surface area contributed by atoms with Crippen LogP contribution in [0.5, 0.6) is 0 Å². The lowest BCUT2D eigenvalue weighted by atomic mass is 10.00. The fourth-order valence-electron chi connectivity index (χ4n) is 1.70. The summed E-state index contributed by atoms with van der Waals surface area (Å²) in [7, 11) is 0. The molecule has 0 aliphatic carbocycles.